The SMILES string of the molecule is COCC(C)Oc1cncc(N2CCCNCC2)c1. The highest BCUT2D eigenvalue weighted by molar-refractivity contribution is 5.48. The molecule has 1 aliphatic heterocycles. The maximum Gasteiger partial charge on any atom is 0.140 e. The fraction of sp³-hybridized carbons (Fsp3) is 0.643. The van der Waals surface area contributed by atoms with Crippen molar-refractivity contribution in [1.82, 2.24) is 10.3 Å². The zero-order chi connectivity index (χ0) is 13.5. The molecule has 1 aliphatic rings. The molecule has 1 unspecified atom stereocenters. The van der Waals surface area contributed by atoms with Crippen LogP contribution in [0.4, 0.5) is 5.69 Å². The molecule has 106 valence electrons. The van der Waals surface area contributed by atoms with Gasteiger partial charge in [0, 0.05) is 32.8 Å². The minimum atomic E-state index is 0.0350. The number of ether oxygens (including phenoxy) is 2. The van der Waals surface area contributed by atoms with Gasteiger partial charge in [0.05, 0.1) is 24.7 Å². The van der Waals surface area contributed by atoms with Gasteiger partial charge in [-0.15, -0.1) is 0 Å². The molecule has 2 heterocycles. The summed E-state index contributed by atoms with van der Waals surface area (Å²) < 4.78 is 10.9. The van der Waals surface area contributed by atoms with Crippen LogP contribution in [0.3, 0.4) is 0 Å². The number of rotatable bonds is 5. The van der Waals surface area contributed by atoms with Crippen LogP contribution in [-0.2, 0) is 4.74 Å². The summed E-state index contributed by atoms with van der Waals surface area (Å²) in [6.07, 6.45) is 4.85. The highest BCUT2D eigenvalue weighted by Gasteiger charge is 2.11. The van der Waals surface area contributed by atoms with Crippen molar-refractivity contribution in [3.05, 3.63) is 18.5 Å². The van der Waals surface area contributed by atoms with Gasteiger partial charge in [-0.25, -0.2) is 0 Å². The van der Waals surface area contributed by atoms with Crippen LogP contribution in [0.15, 0.2) is 18.5 Å². The Hall–Kier alpha value is -1.33. The van der Waals surface area contributed by atoms with E-state index in [1.807, 2.05) is 13.1 Å². The number of pyridine rings is 1. The Labute approximate surface area is 114 Å². The molecule has 0 aromatic carbocycles. The van der Waals surface area contributed by atoms with Crippen LogP contribution < -0.4 is 15.0 Å². The first-order chi connectivity index (χ1) is 9.29. The van der Waals surface area contributed by atoms with Gasteiger partial charge < -0.3 is 19.7 Å². The van der Waals surface area contributed by atoms with Gasteiger partial charge in [-0.3, -0.25) is 4.98 Å². The molecule has 5 nitrogen and oxygen atoms in total. The number of hydrogen-bond donors (Lipinski definition) is 1. The molecule has 0 radical (unpaired) electrons. The minimum Gasteiger partial charge on any atom is -0.487 e. The lowest BCUT2D eigenvalue weighted by Gasteiger charge is -2.23. The average Bonchev–Trinajstić information content (AvgIpc) is 2.68. The molecular weight excluding hydrogens is 242 g/mol. The predicted octanol–water partition coefficient (Wildman–Crippen LogP) is 1.29. The molecule has 1 aromatic rings. The van der Waals surface area contributed by atoms with Gasteiger partial charge in [-0.2, -0.15) is 0 Å². The van der Waals surface area contributed by atoms with Gasteiger partial charge in [0.2, 0.25) is 0 Å². The van der Waals surface area contributed by atoms with E-state index < -0.39 is 0 Å². The van der Waals surface area contributed by atoms with Crippen molar-refractivity contribution in [2.24, 2.45) is 0 Å². The van der Waals surface area contributed by atoms with Crippen LogP contribution >= 0.6 is 0 Å². The molecule has 0 spiro atoms. The highest BCUT2D eigenvalue weighted by atomic mass is 16.5. The standard InChI is InChI=1S/C14H23N3O2/c1-12(11-18-2)19-14-8-13(9-16-10-14)17-6-3-4-15-5-7-17/h8-10,12,15H,3-7,11H2,1-2H3. The van der Waals surface area contributed by atoms with Crippen LogP contribution in [-0.4, -0.2) is 51.0 Å². The summed E-state index contributed by atoms with van der Waals surface area (Å²) in [6.45, 7) is 6.75. The molecule has 0 bridgehead atoms. The van der Waals surface area contributed by atoms with E-state index in [1.54, 1.807) is 13.3 Å². The zero-order valence-corrected chi connectivity index (χ0v) is 11.8. The molecular formula is C14H23N3O2. The van der Waals surface area contributed by atoms with Gasteiger partial charge in [0.1, 0.15) is 11.9 Å². The van der Waals surface area contributed by atoms with Crippen molar-refractivity contribution >= 4 is 5.69 Å². The van der Waals surface area contributed by atoms with E-state index in [-0.39, 0.29) is 6.10 Å². The Morgan fingerprint density at radius 1 is 1.37 bits per heavy atom. The number of nitrogens with zero attached hydrogens (tertiary/aromatic N) is 2. The second kappa shape index (κ2) is 7.31. The Morgan fingerprint density at radius 3 is 3.11 bits per heavy atom. The van der Waals surface area contributed by atoms with Gasteiger partial charge in [-0.05, 0) is 19.9 Å². The van der Waals surface area contributed by atoms with E-state index in [2.05, 4.69) is 21.3 Å². The van der Waals surface area contributed by atoms with Gasteiger partial charge in [-0.1, -0.05) is 0 Å². The Kier molecular flexibility index (Phi) is 5.42. The molecule has 0 amide bonds. The smallest absolute Gasteiger partial charge is 0.140 e. The lowest BCUT2D eigenvalue weighted by Crippen LogP contribution is -2.28. The molecule has 5 heteroatoms. The summed E-state index contributed by atoms with van der Waals surface area (Å²) in [5.74, 6) is 0.805. The molecule has 2 rings (SSSR count). The molecule has 19 heavy (non-hydrogen) atoms. The van der Waals surface area contributed by atoms with Crippen LogP contribution in [0.2, 0.25) is 0 Å². The zero-order valence-electron chi connectivity index (χ0n) is 11.8. The lowest BCUT2D eigenvalue weighted by atomic mass is 10.3. The fourth-order valence-corrected chi connectivity index (χ4v) is 2.25. The van der Waals surface area contributed by atoms with Crippen LogP contribution in [0.25, 0.3) is 0 Å². The summed E-state index contributed by atoms with van der Waals surface area (Å²) in [5, 5.41) is 3.40. The van der Waals surface area contributed by atoms with E-state index in [0.29, 0.717) is 6.61 Å². The Bertz CT molecular complexity index is 379. The third kappa shape index (κ3) is 4.36. The highest BCUT2D eigenvalue weighted by Crippen LogP contribution is 2.21. The van der Waals surface area contributed by atoms with Gasteiger partial charge >= 0.3 is 0 Å². The number of aromatic nitrogens is 1. The quantitative estimate of drug-likeness (QED) is 0.869. The van der Waals surface area contributed by atoms with Gasteiger partial charge in [0.15, 0.2) is 0 Å². The lowest BCUT2D eigenvalue weighted by molar-refractivity contribution is 0.0918. The topological polar surface area (TPSA) is 46.6 Å². The van der Waals surface area contributed by atoms with Crippen molar-refractivity contribution in [1.29, 1.82) is 0 Å². The Balaban J connectivity index is 2.01. The number of anilines is 1. The maximum absolute atomic E-state index is 5.79. The first-order valence-electron chi connectivity index (χ1n) is 6.86. The largest absolute Gasteiger partial charge is 0.487 e. The Morgan fingerprint density at radius 2 is 2.26 bits per heavy atom. The second-order valence-electron chi connectivity index (χ2n) is 4.85. The van der Waals surface area contributed by atoms with E-state index >= 15 is 0 Å². The first kappa shape index (κ1) is 14.1. The van der Waals surface area contributed by atoms with Crippen molar-refractivity contribution in [2.75, 3.05) is 44.8 Å². The average molecular weight is 265 g/mol. The van der Waals surface area contributed by atoms with Crippen molar-refractivity contribution < 1.29 is 9.47 Å². The van der Waals surface area contributed by atoms with Crippen LogP contribution in [0.5, 0.6) is 5.75 Å². The van der Waals surface area contributed by atoms with E-state index in [0.717, 1.165) is 44.0 Å². The molecule has 1 N–H and O–H groups in total. The second-order valence-corrected chi connectivity index (χ2v) is 4.85. The molecule has 1 atom stereocenters. The van der Waals surface area contributed by atoms with Crippen molar-refractivity contribution in [3.63, 3.8) is 0 Å². The van der Waals surface area contributed by atoms with Gasteiger partial charge in [0.25, 0.3) is 0 Å². The molecule has 1 aromatic heterocycles. The molecule has 0 aliphatic carbocycles. The minimum absolute atomic E-state index is 0.0350. The number of hydrogen-bond acceptors (Lipinski definition) is 5. The third-order valence-electron chi connectivity index (χ3n) is 3.14. The normalized spacial score (nSPS) is 17.9. The molecule has 1 saturated heterocycles. The number of nitrogens with one attached hydrogen (secondary N) is 1. The summed E-state index contributed by atoms with van der Waals surface area (Å²) in [4.78, 5) is 6.62. The predicted molar refractivity (Wildman–Crippen MR) is 75.9 cm³/mol. The third-order valence-corrected chi connectivity index (χ3v) is 3.14. The van der Waals surface area contributed by atoms with E-state index in [9.17, 15) is 0 Å². The van der Waals surface area contributed by atoms with Crippen LogP contribution in [0, 0.1) is 0 Å². The number of methoxy groups -OCH3 is 1. The van der Waals surface area contributed by atoms with E-state index in [4.69, 9.17) is 9.47 Å². The fourth-order valence-electron chi connectivity index (χ4n) is 2.25. The van der Waals surface area contributed by atoms with E-state index in [1.165, 1.54) is 0 Å². The summed E-state index contributed by atoms with van der Waals surface area (Å²) in [6, 6.07) is 2.06. The van der Waals surface area contributed by atoms with Crippen LogP contribution in [0.1, 0.15) is 13.3 Å². The monoisotopic (exact) mass is 265 g/mol. The summed E-state index contributed by atoms with van der Waals surface area (Å²) in [5.41, 5.74) is 1.13. The first-order valence-corrected chi connectivity index (χ1v) is 6.86. The molecule has 1 fully saturated rings. The van der Waals surface area contributed by atoms with Crippen molar-refractivity contribution in [3.8, 4) is 5.75 Å². The maximum atomic E-state index is 5.79. The summed E-state index contributed by atoms with van der Waals surface area (Å²) in [7, 11) is 1.68. The summed E-state index contributed by atoms with van der Waals surface area (Å²) >= 11 is 0. The molecule has 0 saturated carbocycles. The van der Waals surface area contributed by atoms with Crippen molar-refractivity contribution in [2.45, 2.75) is 19.4 Å².